The molecule has 17 heteroatoms. The zero-order chi connectivity index (χ0) is 78.4. The number of hydrogen-bond donors (Lipinski definition) is 2. The van der Waals surface area contributed by atoms with Gasteiger partial charge < -0.3 is 9.97 Å². The number of fused-ring (bicyclic) bond motifs is 20. The van der Waals surface area contributed by atoms with Crippen LogP contribution in [0.1, 0.15) is 364 Å². The van der Waals surface area contributed by atoms with E-state index in [9.17, 15) is 0 Å². The first-order chi connectivity index (χ1) is 55.3. The molecule has 2 aliphatic rings. The summed E-state index contributed by atoms with van der Waals surface area (Å²) in [5.74, 6) is 11.6. The fourth-order valence-corrected chi connectivity index (χ4v) is 24.4. The maximum absolute atomic E-state index is 5.90. The van der Waals surface area contributed by atoms with E-state index in [1.165, 1.54) is 347 Å². The fraction of sp³-hybridized carbons (Fsp3) is 0.667. The average molecular weight is 1730 g/mol. The van der Waals surface area contributed by atoms with Gasteiger partial charge in [-0.2, -0.15) is 0 Å². The van der Waals surface area contributed by atoms with E-state index in [1.54, 1.807) is 0 Å². The molecule has 5 heterocycles. The van der Waals surface area contributed by atoms with Gasteiger partial charge >= 0.3 is 19.5 Å². The third kappa shape index (κ3) is 32.5. The molecule has 2 aliphatic heterocycles. The Morgan fingerprint density at radius 1 is 0.186 bits per heavy atom. The summed E-state index contributed by atoms with van der Waals surface area (Å²) >= 11 is 16.4. The summed E-state index contributed by atoms with van der Waals surface area (Å²) in [5.41, 5.74) is 7.37. The van der Waals surface area contributed by atoms with E-state index in [0.717, 1.165) is 112 Å². The first-order valence-electron chi connectivity index (χ1n) is 45.9. The Hall–Kier alpha value is -2.34. The van der Waals surface area contributed by atoms with Crippen molar-refractivity contribution in [2.45, 2.75) is 403 Å². The predicted molar refractivity (Wildman–Crippen MR) is 509 cm³/mol. The molecule has 0 saturated heterocycles. The van der Waals surface area contributed by atoms with Gasteiger partial charge in [0.2, 0.25) is 0 Å². The number of aromatic amines is 2. The molecule has 0 radical (unpaired) electrons. The van der Waals surface area contributed by atoms with Crippen LogP contribution < -0.4 is 0 Å². The Balaban J connectivity index is 0.0000160. The second kappa shape index (κ2) is 57.8. The summed E-state index contributed by atoms with van der Waals surface area (Å²) < 4.78 is 0. The monoisotopic (exact) mass is 1730 g/mol. The molecule has 0 amide bonds. The van der Waals surface area contributed by atoms with Crippen molar-refractivity contribution < 1.29 is 19.5 Å². The van der Waals surface area contributed by atoms with E-state index >= 15 is 0 Å². The number of aromatic nitrogens is 8. The van der Waals surface area contributed by atoms with Crippen LogP contribution in [0.4, 0.5) is 0 Å². The van der Waals surface area contributed by atoms with Crippen LogP contribution in [0.2, 0.25) is 0 Å². The van der Waals surface area contributed by atoms with Gasteiger partial charge in [0.05, 0.1) is 0 Å². The van der Waals surface area contributed by atoms with E-state index in [2.05, 4.69) is 114 Å². The SMILES string of the molecule is CCCCCCCCSc1cc2c(cc1SCCCCCCCC)-c1nc-2nc2[nH]c(nc3nc(nc4[nH]c(n1)c1cc(SCCCCCCCC)c(SCCCCCCCC)cc41)-c1cc(SCCCCCCCC)c(SCCCCCCCC)cc1-3)c1cc(SCCCCCCCC)c(SCCCCCCCC)cc21.[Zn+2]. The van der Waals surface area contributed by atoms with Gasteiger partial charge in [-0.1, -0.05) is 312 Å². The molecule has 0 fully saturated rings. The zero-order valence-electron chi connectivity index (χ0n) is 71.9. The van der Waals surface area contributed by atoms with Crippen LogP contribution in [0.3, 0.4) is 0 Å². The summed E-state index contributed by atoms with van der Waals surface area (Å²) in [6.45, 7) is 18.6. The summed E-state index contributed by atoms with van der Waals surface area (Å²) in [6, 6.07) is 19.8. The van der Waals surface area contributed by atoms with Crippen molar-refractivity contribution in [1.29, 1.82) is 0 Å². The first kappa shape index (κ1) is 96.1. The van der Waals surface area contributed by atoms with Gasteiger partial charge in [-0.15, -0.1) is 94.1 Å². The first-order valence-corrected chi connectivity index (χ1v) is 53.8. The van der Waals surface area contributed by atoms with E-state index in [4.69, 9.17) is 29.9 Å². The number of thioether (sulfide) groups is 8. The molecule has 0 aliphatic carbocycles. The topological polar surface area (TPSA) is 109 Å². The number of nitrogens with zero attached hydrogens (tertiary/aromatic N) is 6. The largest absolute Gasteiger partial charge is 2.00 e. The van der Waals surface area contributed by atoms with Crippen molar-refractivity contribution in [1.82, 2.24) is 39.9 Å². The van der Waals surface area contributed by atoms with Crippen molar-refractivity contribution in [3.63, 3.8) is 0 Å². The van der Waals surface area contributed by atoms with Crippen molar-refractivity contribution in [2.75, 3.05) is 46.0 Å². The zero-order valence-corrected chi connectivity index (χ0v) is 81.4. The van der Waals surface area contributed by atoms with E-state index in [0.29, 0.717) is 23.3 Å². The molecule has 3 aromatic heterocycles. The third-order valence-corrected chi connectivity index (χ3v) is 31.8. The van der Waals surface area contributed by atoms with Gasteiger partial charge in [0.15, 0.2) is 23.3 Å². The number of unbranched alkanes of at least 4 members (excludes halogenated alkanes) is 40. The standard InChI is InChI=1S/C96H146N8S8.Zn/c1-9-17-25-33-41-49-57-105-81-65-73-74(66-82(81)106-58-50-42-34-26-18-10-2)90-97-89(73)101-91-75-67-83(107-59-51-43-35-27-19-11-3)84(108-60-52-44-36-28-20-12-4)68-76(75)93(98-91)103-95-79-71-87(111-63-55-47-39-31-23-15-7)88(112-64-56-48-40-32-24-16-8)72-80(79)96(100-95)104-94-78-70-86(110-62-54-46-38-30-22-14-6)85(69-77(78)92(99-94)102-90)109-61-53-45-37-29-21-13-5;/h65-72H,9-64H2,1-8H3,(H2,97,98,99,100,101,102,103,104);/q;+2. The molecule has 0 atom stereocenters. The Morgan fingerprint density at radius 3 is 0.487 bits per heavy atom. The van der Waals surface area contributed by atoms with E-state index in [-0.39, 0.29) is 19.5 Å². The third-order valence-electron chi connectivity index (χ3n) is 22.1. The van der Waals surface area contributed by atoms with Crippen LogP contribution in [0.25, 0.3) is 89.7 Å². The molecule has 8 nitrogen and oxygen atoms in total. The predicted octanol–water partition coefficient (Wildman–Crippen LogP) is 34.5. The van der Waals surface area contributed by atoms with E-state index < -0.39 is 0 Å². The minimum absolute atomic E-state index is 0. The van der Waals surface area contributed by atoms with Crippen molar-refractivity contribution in [2.24, 2.45) is 0 Å². The smallest absolute Gasteiger partial charge is 0.324 e. The Labute approximate surface area is 733 Å². The van der Waals surface area contributed by atoms with Crippen molar-refractivity contribution in [3.8, 4) is 45.6 Å². The van der Waals surface area contributed by atoms with Crippen molar-refractivity contribution >= 4 is 138 Å². The maximum atomic E-state index is 5.90. The summed E-state index contributed by atoms with van der Waals surface area (Å²) in [4.78, 5) is 53.9. The molecule has 0 saturated carbocycles. The van der Waals surface area contributed by atoms with Gasteiger partial charge in [0.1, 0.15) is 22.6 Å². The molecule has 4 aromatic carbocycles. The van der Waals surface area contributed by atoms with Crippen LogP contribution in [0.5, 0.6) is 0 Å². The summed E-state index contributed by atoms with van der Waals surface area (Å²) in [7, 11) is 0. The number of H-pyrrole nitrogens is 2. The van der Waals surface area contributed by atoms with Crippen LogP contribution in [-0.2, 0) is 19.5 Å². The molecule has 113 heavy (non-hydrogen) atoms. The quantitative estimate of drug-likeness (QED) is 0.0214. The van der Waals surface area contributed by atoms with Crippen molar-refractivity contribution in [3.05, 3.63) is 48.5 Å². The van der Waals surface area contributed by atoms with Crippen LogP contribution in [-0.4, -0.2) is 85.9 Å². The second-order valence-electron chi connectivity index (χ2n) is 31.9. The molecule has 0 unspecified atom stereocenters. The van der Waals surface area contributed by atoms with Gasteiger partial charge in [0, 0.05) is 83.0 Å². The molecular weight excluding hydrogens is 1590 g/mol. The molecule has 0 spiro atoms. The molecular formula is C96H146N8S8Zn+2. The normalized spacial score (nSPS) is 12.0. The van der Waals surface area contributed by atoms with Gasteiger partial charge in [-0.25, -0.2) is 29.9 Å². The van der Waals surface area contributed by atoms with Gasteiger partial charge in [-0.05, 0) is 146 Å². The molecule has 9 rings (SSSR count). The molecule has 8 bridgehead atoms. The molecule has 2 N–H and O–H groups in total. The number of nitrogens with one attached hydrogen (secondary N) is 2. The van der Waals surface area contributed by atoms with E-state index in [1.807, 2.05) is 94.1 Å². The second-order valence-corrected chi connectivity index (χ2v) is 41.0. The Bertz CT molecular complexity index is 3510. The minimum Gasteiger partial charge on any atom is -0.324 e. The average Bonchev–Trinajstić information content (AvgIpc) is 1.62. The summed E-state index contributed by atoms with van der Waals surface area (Å²) in [5, 5.41) is 4.32. The fourth-order valence-electron chi connectivity index (χ4n) is 15.2. The number of benzene rings is 4. The minimum atomic E-state index is 0. The van der Waals surface area contributed by atoms with Crippen LogP contribution >= 0.6 is 94.1 Å². The van der Waals surface area contributed by atoms with Crippen LogP contribution in [0, 0.1) is 0 Å². The Kier molecular flexibility index (Phi) is 49.2. The molecule has 7 aromatic rings. The summed E-state index contributed by atoms with van der Waals surface area (Å²) in [6.07, 6.45) is 61.8. The maximum Gasteiger partial charge on any atom is 2.00 e. The van der Waals surface area contributed by atoms with Crippen LogP contribution in [0.15, 0.2) is 87.7 Å². The molecule has 618 valence electrons. The number of hydrogen-bond acceptors (Lipinski definition) is 14. The Morgan fingerprint density at radius 2 is 0.327 bits per heavy atom. The number of rotatable bonds is 64. The van der Waals surface area contributed by atoms with Gasteiger partial charge in [0.25, 0.3) is 0 Å². The van der Waals surface area contributed by atoms with Gasteiger partial charge in [-0.3, -0.25) is 0 Å².